The first-order chi connectivity index (χ1) is 9.45. The molecule has 0 aliphatic carbocycles. The van der Waals surface area contributed by atoms with Gasteiger partial charge < -0.3 is 4.74 Å². The molecule has 8 nitrogen and oxygen atoms in total. The van der Waals surface area contributed by atoms with E-state index in [1.54, 1.807) is 6.92 Å². The first kappa shape index (κ1) is 13.7. The van der Waals surface area contributed by atoms with Gasteiger partial charge in [-0.2, -0.15) is 5.10 Å². The molecule has 0 aromatic carbocycles. The van der Waals surface area contributed by atoms with Gasteiger partial charge in [-0.1, -0.05) is 0 Å². The summed E-state index contributed by atoms with van der Waals surface area (Å²) in [6.07, 6.45) is 0. The maximum Gasteiger partial charge on any atom is 0.356 e. The van der Waals surface area contributed by atoms with Crippen molar-refractivity contribution in [3.05, 3.63) is 39.3 Å². The van der Waals surface area contributed by atoms with Gasteiger partial charge in [0.15, 0.2) is 5.69 Å². The second-order valence-electron chi connectivity index (χ2n) is 4.11. The Morgan fingerprint density at radius 2 is 2.05 bits per heavy atom. The highest BCUT2D eigenvalue weighted by Crippen LogP contribution is 2.27. The molecular weight excluding hydrogens is 264 g/mol. The van der Waals surface area contributed by atoms with E-state index in [2.05, 4.69) is 19.9 Å². The third kappa shape index (κ3) is 2.22. The summed E-state index contributed by atoms with van der Waals surface area (Å²) < 4.78 is 4.66. The number of carbonyl (C=O) groups is 1. The van der Waals surface area contributed by atoms with Gasteiger partial charge in [-0.25, -0.2) is 9.78 Å². The van der Waals surface area contributed by atoms with Gasteiger partial charge >= 0.3 is 5.97 Å². The maximum atomic E-state index is 11.7. The predicted octanol–water partition coefficient (Wildman–Crippen LogP) is 1.78. The maximum absolute atomic E-state index is 11.7. The second-order valence-corrected chi connectivity index (χ2v) is 4.11. The number of hydrogen-bond acceptors (Lipinski definition) is 6. The summed E-state index contributed by atoms with van der Waals surface area (Å²) in [7, 11) is 1.26. The highest BCUT2D eigenvalue weighted by molar-refractivity contribution is 5.95. The quantitative estimate of drug-likeness (QED) is 0.519. The molecule has 0 aliphatic rings. The van der Waals surface area contributed by atoms with Crippen molar-refractivity contribution < 1.29 is 14.5 Å². The van der Waals surface area contributed by atoms with E-state index in [1.165, 1.54) is 26.2 Å². The second kappa shape index (κ2) is 5.08. The SMILES string of the molecule is COC(=O)c1[nH]nc(C)c1-c1ccc([N+](=O)[O-])c(C)n1. The number of pyridine rings is 1. The van der Waals surface area contributed by atoms with Crippen molar-refractivity contribution >= 4 is 11.7 Å². The lowest BCUT2D eigenvalue weighted by Gasteiger charge is -2.04. The van der Waals surface area contributed by atoms with E-state index in [9.17, 15) is 14.9 Å². The van der Waals surface area contributed by atoms with Crippen LogP contribution in [0.25, 0.3) is 11.3 Å². The van der Waals surface area contributed by atoms with Crippen molar-refractivity contribution in [2.75, 3.05) is 7.11 Å². The predicted molar refractivity (Wildman–Crippen MR) is 69.3 cm³/mol. The minimum absolute atomic E-state index is 0.0745. The smallest absolute Gasteiger partial charge is 0.356 e. The first-order valence-corrected chi connectivity index (χ1v) is 5.71. The van der Waals surface area contributed by atoms with Crippen LogP contribution in [0.3, 0.4) is 0 Å². The number of ether oxygens (including phenoxy) is 1. The third-order valence-electron chi connectivity index (χ3n) is 2.85. The van der Waals surface area contributed by atoms with Gasteiger partial charge in [0, 0.05) is 6.07 Å². The molecule has 0 saturated heterocycles. The number of carbonyl (C=O) groups excluding carboxylic acids is 1. The molecule has 1 N–H and O–H groups in total. The molecule has 0 saturated carbocycles. The lowest BCUT2D eigenvalue weighted by atomic mass is 10.1. The van der Waals surface area contributed by atoms with Crippen molar-refractivity contribution in [1.82, 2.24) is 15.2 Å². The minimum atomic E-state index is -0.571. The molecule has 8 heteroatoms. The summed E-state index contributed by atoms with van der Waals surface area (Å²) in [5, 5.41) is 17.3. The van der Waals surface area contributed by atoms with E-state index >= 15 is 0 Å². The highest BCUT2D eigenvalue weighted by atomic mass is 16.6. The molecule has 2 heterocycles. The monoisotopic (exact) mass is 276 g/mol. The fourth-order valence-electron chi connectivity index (χ4n) is 1.88. The Morgan fingerprint density at radius 1 is 1.35 bits per heavy atom. The molecule has 0 aliphatic heterocycles. The Labute approximate surface area is 113 Å². The van der Waals surface area contributed by atoms with Gasteiger partial charge in [0.25, 0.3) is 5.69 Å². The van der Waals surface area contributed by atoms with E-state index in [0.29, 0.717) is 17.0 Å². The summed E-state index contributed by atoms with van der Waals surface area (Å²) in [6.45, 7) is 3.24. The van der Waals surface area contributed by atoms with Crippen LogP contribution >= 0.6 is 0 Å². The van der Waals surface area contributed by atoms with Crippen molar-refractivity contribution in [2.24, 2.45) is 0 Å². The fraction of sp³-hybridized carbons (Fsp3) is 0.250. The van der Waals surface area contributed by atoms with Crippen molar-refractivity contribution in [3.63, 3.8) is 0 Å². The first-order valence-electron chi connectivity index (χ1n) is 5.71. The fourth-order valence-corrected chi connectivity index (χ4v) is 1.88. The van der Waals surface area contributed by atoms with Crippen LogP contribution in [0.5, 0.6) is 0 Å². The van der Waals surface area contributed by atoms with E-state index in [4.69, 9.17) is 0 Å². The lowest BCUT2D eigenvalue weighted by Crippen LogP contribution is -2.04. The van der Waals surface area contributed by atoms with Crippen LogP contribution in [0, 0.1) is 24.0 Å². The Morgan fingerprint density at radius 3 is 2.60 bits per heavy atom. The molecule has 2 rings (SSSR count). The molecule has 20 heavy (non-hydrogen) atoms. The van der Waals surface area contributed by atoms with Crippen LogP contribution in [0.4, 0.5) is 5.69 Å². The Hall–Kier alpha value is -2.77. The lowest BCUT2D eigenvalue weighted by molar-refractivity contribution is -0.385. The van der Waals surface area contributed by atoms with E-state index < -0.39 is 10.9 Å². The number of nitro groups is 1. The topological polar surface area (TPSA) is 111 Å². The van der Waals surface area contributed by atoms with Crippen molar-refractivity contribution in [3.8, 4) is 11.3 Å². The van der Waals surface area contributed by atoms with Crippen LogP contribution in [-0.2, 0) is 4.74 Å². The minimum Gasteiger partial charge on any atom is -0.464 e. The largest absolute Gasteiger partial charge is 0.464 e. The standard InChI is InChI=1S/C12H12N4O4/c1-6-9(16(18)19)5-4-8(13-6)10-7(2)14-15-11(10)12(17)20-3/h4-5H,1-3H3,(H,14,15). The summed E-state index contributed by atoms with van der Waals surface area (Å²) in [5.74, 6) is -0.571. The van der Waals surface area contributed by atoms with Gasteiger partial charge in [-0.05, 0) is 19.9 Å². The molecule has 0 unspecified atom stereocenters. The average molecular weight is 276 g/mol. The highest BCUT2D eigenvalue weighted by Gasteiger charge is 2.22. The number of aromatic amines is 1. The number of esters is 1. The summed E-state index contributed by atoms with van der Waals surface area (Å²) >= 11 is 0. The van der Waals surface area contributed by atoms with Gasteiger partial charge in [0.2, 0.25) is 0 Å². The summed E-state index contributed by atoms with van der Waals surface area (Å²) in [5.41, 5.74) is 1.84. The zero-order valence-electron chi connectivity index (χ0n) is 11.1. The van der Waals surface area contributed by atoms with Crippen LogP contribution in [-0.4, -0.2) is 33.2 Å². The van der Waals surface area contributed by atoms with Crippen LogP contribution in [0.1, 0.15) is 21.9 Å². The molecule has 0 radical (unpaired) electrons. The Bertz CT molecular complexity index is 693. The molecule has 0 amide bonds. The molecule has 104 valence electrons. The summed E-state index contributed by atoms with van der Waals surface area (Å²) in [6, 6.07) is 2.83. The molecule has 0 bridgehead atoms. The van der Waals surface area contributed by atoms with Crippen molar-refractivity contribution in [2.45, 2.75) is 13.8 Å². The molecule has 0 spiro atoms. The molecular formula is C12H12N4O4. The van der Waals surface area contributed by atoms with Crippen LogP contribution < -0.4 is 0 Å². The zero-order valence-corrected chi connectivity index (χ0v) is 11.1. The molecule has 2 aromatic rings. The van der Waals surface area contributed by atoms with Crippen molar-refractivity contribution in [1.29, 1.82) is 0 Å². The zero-order chi connectivity index (χ0) is 14.9. The van der Waals surface area contributed by atoms with Crippen LogP contribution in [0.2, 0.25) is 0 Å². The number of rotatable bonds is 3. The number of methoxy groups -OCH3 is 1. The van der Waals surface area contributed by atoms with Crippen LogP contribution in [0.15, 0.2) is 12.1 Å². The van der Waals surface area contributed by atoms with Gasteiger partial charge in [0.1, 0.15) is 5.69 Å². The number of nitrogens with one attached hydrogen (secondary N) is 1. The molecule has 0 fully saturated rings. The van der Waals surface area contributed by atoms with Gasteiger partial charge in [-0.15, -0.1) is 0 Å². The Kier molecular flexibility index (Phi) is 3.47. The third-order valence-corrected chi connectivity index (χ3v) is 2.85. The number of nitrogens with zero attached hydrogens (tertiary/aromatic N) is 3. The Balaban J connectivity index is 2.57. The molecule has 2 aromatic heterocycles. The van der Waals surface area contributed by atoms with E-state index in [-0.39, 0.29) is 17.1 Å². The van der Waals surface area contributed by atoms with Gasteiger partial charge in [-0.3, -0.25) is 15.2 Å². The normalized spacial score (nSPS) is 10.3. The number of aryl methyl sites for hydroxylation is 2. The number of aromatic nitrogens is 3. The summed E-state index contributed by atoms with van der Waals surface area (Å²) in [4.78, 5) is 26.1. The van der Waals surface area contributed by atoms with Gasteiger partial charge in [0.05, 0.1) is 29.0 Å². The van der Waals surface area contributed by atoms with E-state index in [1.807, 2.05) is 0 Å². The molecule has 0 atom stereocenters. The number of H-pyrrole nitrogens is 1. The van der Waals surface area contributed by atoms with E-state index in [0.717, 1.165) is 0 Å². The average Bonchev–Trinajstić information content (AvgIpc) is 2.79. The number of hydrogen-bond donors (Lipinski definition) is 1.